The van der Waals surface area contributed by atoms with E-state index in [1.807, 2.05) is 13.8 Å². The lowest BCUT2D eigenvalue weighted by Gasteiger charge is -2.22. The highest BCUT2D eigenvalue weighted by Gasteiger charge is 2.48. The Labute approximate surface area is 156 Å². The van der Waals surface area contributed by atoms with Gasteiger partial charge in [-0.1, -0.05) is 13.8 Å². The summed E-state index contributed by atoms with van der Waals surface area (Å²) in [7, 11) is 1.69. The number of alkyl halides is 1. The van der Waals surface area contributed by atoms with E-state index in [2.05, 4.69) is 20.3 Å². The lowest BCUT2D eigenvalue weighted by atomic mass is 10.0. The molecule has 3 heterocycles. The molecule has 3 rings (SSSR count). The fourth-order valence-corrected chi connectivity index (χ4v) is 3.23. The van der Waals surface area contributed by atoms with Crippen LogP contribution in [0.5, 0.6) is 0 Å². The molecule has 0 aliphatic carbocycles. The first kappa shape index (κ1) is 19.3. The van der Waals surface area contributed by atoms with Gasteiger partial charge in [-0.05, 0) is 12.8 Å². The van der Waals surface area contributed by atoms with E-state index >= 15 is 4.39 Å². The standard InChI is InChI=1S/C17H25FN6O3/c1-9(2)5-11(25)26-7-10-6-17(3,18)15(27-10)24-8-21-12-13(20-4)22-16(19)23-14(12)24/h8-10,15H,5-7H2,1-4H3,(H3,19,20,22,23)/t10-,15+,17+/m0/s1. The third kappa shape index (κ3) is 3.95. The molecule has 0 unspecified atom stereocenters. The van der Waals surface area contributed by atoms with Crippen molar-refractivity contribution in [1.82, 2.24) is 19.5 Å². The van der Waals surface area contributed by atoms with Crippen LogP contribution in [-0.4, -0.2) is 50.9 Å². The van der Waals surface area contributed by atoms with Crippen LogP contribution in [0.15, 0.2) is 6.33 Å². The van der Waals surface area contributed by atoms with Crippen molar-refractivity contribution < 1.29 is 18.7 Å². The highest BCUT2D eigenvalue weighted by atomic mass is 19.1. The lowest BCUT2D eigenvalue weighted by Crippen LogP contribution is -2.27. The number of nitrogens with zero attached hydrogens (tertiary/aromatic N) is 4. The van der Waals surface area contributed by atoms with E-state index in [1.165, 1.54) is 17.8 Å². The number of carbonyl (C=O) groups excluding carboxylic acids is 1. The summed E-state index contributed by atoms with van der Waals surface area (Å²) < 4.78 is 27.8. The molecule has 0 spiro atoms. The van der Waals surface area contributed by atoms with Gasteiger partial charge in [0, 0.05) is 19.9 Å². The minimum absolute atomic E-state index is 0.00703. The fourth-order valence-electron chi connectivity index (χ4n) is 3.23. The zero-order valence-electron chi connectivity index (χ0n) is 15.9. The number of anilines is 2. The van der Waals surface area contributed by atoms with Crippen LogP contribution in [0.1, 0.15) is 39.8 Å². The Kier molecular flexibility index (Phi) is 5.18. The number of fused-ring (bicyclic) bond motifs is 1. The molecule has 9 nitrogen and oxygen atoms in total. The number of aromatic nitrogens is 4. The van der Waals surface area contributed by atoms with Crippen LogP contribution in [-0.2, 0) is 14.3 Å². The Bertz CT molecular complexity index is 837. The highest BCUT2D eigenvalue weighted by Crippen LogP contribution is 2.42. The number of carbonyl (C=O) groups is 1. The number of hydrogen-bond acceptors (Lipinski definition) is 8. The summed E-state index contributed by atoms with van der Waals surface area (Å²) in [5.74, 6) is 0.384. The number of rotatable bonds is 6. The van der Waals surface area contributed by atoms with E-state index in [1.54, 1.807) is 7.05 Å². The molecule has 3 atom stereocenters. The second kappa shape index (κ2) is 7.26. The van der Waals surface area contributed by atoms with Crippen LogP contribution in [0.3, 0.4) is 0 Å². The Balaban J connectivity index is 1.80. The van der Waals surface area contributed by atoms with E-state index < -0.39 is 18.0 Å². The topological polar surface area (TPSA) is 117 Å². The number of esters is 1. The summed E-state index contributed by atoms with van der Waals surface area (Å²) in [6, 6.07) is 0. The quantitative estimate of drug-likeness (QED) is 0.731. The maximum absolute atomic E-state index is 15.2. The number of imidazole rings is 1. The monoisotopic (exact) mass is 380 g/mol. The van der Waals surface area contributed by atoms with Crippen LogP contribution in [0.4, 0.5) is 16.2 Å². The molecule has 2 aromatic rings. The molecular weight excluding hydrogens is 355 g/mol. The molecule has 0 aromatic carbocycles. The Morgan fingerprint density at radius 3 is 2.96 bits per heavy atom. The van der Waals surface area contributed by atoms with Crippen LogP contribution >= 0.6 is 0 Å². The summed E-state index contributed by atoms with van der Waals surface area (Å²) in [6.45, 7) is 5.31. The first-order valence-corrected chi connectivity index (χ1v) is 8.89. The number of hydrogen-bond donors (Lipinski definition) is 2. The molecule has 1 aliphatic heterocycles. The molecule has 10 heteroatoms. The third-order valence-corrected chi connectivity index (χ3v) is 4.40. The van der Waals surface area contributed by atoms with Gasteiger partial charge in [0.05, 0.1) is 12.4 Å². The second-order valence-corrected chi connectivity index (χ2v) is 7.38. The van der Waals surface area contributed by atoms with Crippen LogP contribution in [0, 0.1) is 5.92 Å². The van der Waals surface area contributed by atoms with Gasteiger partial charge >= 0.3 is 5.97 Å². The molecular formula is C17H25FN6O3. The van der Waals surface area contributed by atoms with Gasteiger partial charge in [-0.3, -0.25) is 9.36 Å². The normalized spacial score (nSPS) is 25.3. The summed E-state index contributed by atoms with van der Waals surface area (Å²) in [6.07, 6.45) is 0.344. The minimum Gasteiger partial charge on any atom is -0.463 e. The van der Waals surface area contributed by atoms with Crippen molar-refractivity contribution in [3.63, 3.8) is 0 Å². The minimum atomic E-state index is -1.69. The van der Waals surface area contributed by atoms with Crippen molar-refractivity contribution in [1.29, 1.82) is 0 Å². The molecule has 2 aromatic heterocycles. The molecule has 27 heavy (non-hydrogen) atoms. The second-order valence-electron chi connectivity index (χ2n) is 7.38. The van der Waals surface area contributed by atoms with Gasteiger partial charge in [-0.25, -0.2) is 9.37 Å². The van der Waals surface area contributed by atoms with Crippen LogP contribution in [0.2, 0.25) is 0 Å². The number of nitrogens with two attached hydrogens (primary N) is 1. The zero-order valence-corrected chi connectivity index (χ0v) is 15.9. The van der Waals surface area contributed by atoms with Gasteiger partial charge in [0.15, 0.2) is 28.9 Å². The maximum atomic E-state index is 15.2. The van der Waals surface area contributed by atoms with Gasteiger partial charge < -0.3 is 20.5 Å². The van der Waals surface area contributed by atoms with Gasteiger partial charge in [0.1, 0.15) is 6.61 Å². The largest absolute Gasteiger partial charge is 0.463 e. The van der Waals surface area contributed by atoms with Gasteiger partial charge in [-0.2, -0.15) is 9.97 Å². The van der Waals surface area contributed by atoms with Crippen molar-refractivity contribution in [3.8, 4) is 0 Å². The number of ether oxygens (including phenoxy) is 2. The summed E-state index contributed by atoms with van der Waals surface area (Å²) in [5.41, 5.74) is 4.90. The molecule has 0 radical (unpaired) electrons. The van der Waals surface area contributed by atoms with Gasteiger partial charge in [-0.15, -0.1) is 0 Å². The SMILES string of the molecule is CNc1nc(N)nc2c1ncn2[C@@H]1O[C@H](COC(=O)CC(C)C)C[C@@]1(C)F. The molecule has 0 amide bonds. The van der Waals surface area contributed by atoms with Crippen LogP contribution in [0.25, 0.3) is 11.2 Å². The van der Waals surface area contributed by atoms with E-state index in [-0.39, 0.29) is 30.9 Å². The lowest BCUT2D eigenvalue weighted by molar-refractivity contribution is -0.149. The summed E-state index contributed by atoms with van der Waals surface area (Å²) >= 11 is 0. The predicted molar refractivity (Wildman–Crippen MR) is 97.7 cm³/mol. The fraction of sp³-hybridized carbons (Fsp3) is 0.647. The predicted octanol–water partition coefficient (Wildman–Crippen LogP) is 2.06. The van der Waals surface area contributed by atoms with E-state index in [4.69, 9.17) is 15.2 Å². The first-order chi connectivity index (χ1) is 12.7. The number of nitrogens with one attached hydrogen (secondary N) is 1. The molecule has 148 valence electrons. The Morgan fingerprint density at radius 1 is 1.56 bits per heavy atom. The zero-order chi connectivity index (χ0) is 19.8. The molecule has 1 fully saturated rings. The number of nitrogen functional groups attached to an aromatic ring is 1. The van der Waals surface area contributed by atoms with Crippen LogP contribution < -0.4 is 11.1 Å². The average Bonchev–Trinajstić information content (AvgIpc) is 3.11. The molecule has 3 N–H and O–H groups in total. The van der Waals surface area contributed by atoms with Crippen molar-refractivity contribution in [3.05, 3.63) is 6.33 Å². The number of halogens is 1. The first-order valence-electron chi connectivity index (χ1n) is 8.89. The molecule has 1 aliphatic rings. The molecule has 0 saturated carbocycles. The molecule has 1 saturated heterocycles. The van der Waals surface area contributed by atoms with E-state index in [0.717, 1.165) is 0 Å². The average molecular weight is 380 g/mol. The van der Waals surface area contributed by atoms with E-state index in [0.29, 0.717) is 23.4 Å². The van der Waals surface area contributed by atoms with Gasteiger partial charge in [0.2, 0.25) is 5.95 Å². The Morgan fingerprint density at radius 2 is 2.30 bits per heavy atom. The Hall–Kier alpha value is -2.49. The third-order valence-electron chi connectivity index (χ3n) is 4.40. The van der Waals surface area contributed by atoms with E-state index in [9.17, 15) is 4.79 Å². The van der Waals surface area contributed by atoms with Crippen molar-refractivity contribution >= 4 is 28.9 Å². The summed E-state index contributed by atoms with van der Waals surface area (Å²) in [5, 5.41) is 2.89. The van der Waals surface area contributed by atoms with Crippen molar-refractivity contribution in [2.24, 2.45) is 5.92 Å². The smallest absolute Gasteiger partial charge is 0.306 e. The summed E-state index contributed by atoms with van der Waals surface area (Å²) in [4.78, 5) is 24.3. The molecule has 0 bridgehead atoms. The van der Waals surface area contributed by atoms with Gasteiger partial charge in [0.25, 0.3) is 0 Å². The van der Waals surface area contributed by atoms with Crippen molar-refractivity contribution in [2.75, 3.05) is 24.7 Å². The highest BCUT2D eigenvalue weighted by molar-refractivity contribution is 5.84. The van der Waals surface area contributed by atoms with Crippen molar-refractivity contribution in [2.45, 2.75) is 51.6 Å². The maximum Gasteiger partial charge on any atom is 0.306 e.